The van der Waals surface area contributed by atoms with E-state index >= 15 is 0 Å². The van der Waals surface area contributed by atoms with Crippen LogP contribution in [0.25, 0.3) is 0 Å². The van der Waals surface area contributed by atoms with Crippen LogP contribution in [0.3, 0.4) is 0 Å². The Morgan fingerprint density at radius 2 is 1.83 bits per heavy atom. The molecule has 0 spiro atoms. The summed E-state index contributed by atoms with van der Waals surface area (Å²) in [5.41, 5.74) is 3.62. The van der Waals surface area contributed by atoms with Crippen LogP contribution in [0, 0.1) is 6.92 Å². The normalized spacial score (nSPS) is 11.8. The van der Waals surface area contributed by atoms with Crippen molar-refractivity contribution in [2.75, 3.05) is 20.7 Å². The maximum absolute atomic E-state index is 12.1. The second kappa shape index (κ2) is 8.34. The third-order valence-corrected chi connectivity index (χ3v) is 3.86. The lowest BCUT2D eigenvalue weighted by Crippen LogP contribution is -3.08. The van der Waals surface area contributed by atoms with Gasteiger partial charge in [0.15, 0.2) is 6.54 Å². The number of ether oxygens (including phenoxy) is 1. The Kier molecular flexibility index (Phi) is 6.18. The van der Waals surface area contributed by atoms with Crippen LogP contribution in [-0.4, -0.2) is 26.6 Å². The number of hydrogen-bond acceptors (Lipinski definition) is 2. The second-order valence-electron chi connectivity index (χ2n) is 5.86. The molecule has 122 valence electrons. The molecule has 1 atom stereocenters. The van der Waals surface area contributed by atoms with Gasteiger partial charge < -0.3 is 15.0 Å². The van der Waals surface area contributed by atoms with Crippen LogP contribution in [0.4, 0.5) is 0 Å². The van der Waals surface area contributed by atoms with Crippen LogP contribution < -0.4 is 15.0 Å². The van der Waals surface area contributed by atoms with Crippen molar-refractivity contribution < 1.29 is 14.4 Å². The van der Waals surface area contributed by atoms with Gasteiger partial charge in [-0.2, -0.15) is 0 Å². The van der Waals surface area contributed by atoms with E-state index in [2.05, 4.69) is 24.4 Å². The summed E-state index contributed by atoms with van der Waals surface area (Å²) in [5.74, 6) is 0.884. The first-order valence-corrected chi connectivity index (χ1v) is 7.84. The quantitative estimate of drug-likeness (QED) is 0.810. The molecule has 4 nitrogen and oxygen atoms in total. The fourth-order valence-electron chi connectivity index (χ4n) is 2.48. The molecule has 2 aromatic carbocycles. The molecule has 2 N–H and O–H groups in total. The molecule has 0 saturated heterocycles. The van der Waals surface area contributed by atoms with E-state index in [-0.39, 0.29) is 5.91 Å². The highest BCUT2D eigenvalue weighted by Crippen LogP contribution is 2.10. The first-order chi connectivity index (χ1) is 11.1. The molecular formula is C19H25N2O2+. The topological polar surface area (TPSA) is 42.8 Å². The number of nitrogens with one attached hydrogen (secondary N) is 2. The summed E-state index contributed by atoms with van der Waals surface area (Å²) in [6.07, 6.45) is 0. The first-order valence-electron chi connectivity index (χ1n) is 7.84. The lowest BCUT2D eigenvalue weighted by atomic mass is 10.1. The highest BCUT2D eigenvalue weighted by molar-refractivity contribution is 5.76. The molecular weight excluding hydrogens is 288 g/mol. The third kappa shape index (κ3) is 5.42. The number of amides is 1. The van der Waals surface area contributed by atoms with Crippen LogP contribution in [0.15, 0.2) is 48.5 Å². The SMILES string of the molecule is COc1ccc(CNC(=O)C[NH+](C)Cc2ccccc2C)cc1. The van der Waals surface area contributed by atoms with E-state index in [0.29, 0.717) is 13.1 Å². The number of carbonyl (C=O) groups excluding carboxylic acids is 1. The molecule has 0 heterocycles. The molecule has 2 aromatic rings. The highest BCUT2D eigenvalue weighted by Gasteiger charge is 2.11. The minimum absolute atomic E-state index is 0.0619. The summed E-state index contributed by atoms with van der Waals surface area (Å²) < 4.78 is 5.12. The van der Waals surface area contributed by atoms with Crippen molar-refractivity contribution in [3.05, 3.63) is 65.2 Å². The summed E-state index contributed by atoms with van der Waals surface area (Å²) in [5, 5.41) is 2.97. The van der Waals surface area contributed by atoms with Gasteiger partial charge in [-0.25, -0.2) is 0 Å². The van der Waals surface area contributed by atoms with Gasteiger partial charge in [0.2, 0.25) is 0 Å². The second-order valence-corrected chi connectivity index (χ2v) is 5.86. The molecule has 0 radical (unpaired) electrons. The van der Waals surface area contributed by atoms with Crippen molar-refractivity contribution in [3.63, 3.8) is 0 Å². The molecule has 0 fully saturated rings. The van der Waals surface area contributed by atoms with Crippen molar-refractivity contribution in [1.29, 1.82) is 0 Å². The zero-order chi connectivity index (χ0) is 16.7. The molecule has 23 heavy (non-hydrogen) atoms. The van der Waals surface area contributed by atoms with Crippen LogP contribution >= 0.6 is 0 Å². The van der Waals surface area contributed by atoms with Crippen LogP contribution in [-0.2, 0) is 17.9 Å². The molecule has 1 unspecified atom stereocenters. The number of aryl methyl sites for hydroxylation is 1. The minimum atomic E-state index is 0.0619. The van der Waals surface area contributed by atoms with Crippen molar-refractivity contribution >= 4 is 5.91 Å². The Morgan fingerprint density at radius 3 is 2.48 bits per heavy atom. The largest absolute Gasteiger partial charge is 0.497 e. The van der Waals surface area contributed by atoms with E-state index in [0.717, 1.165) is 17.9 Å². The Hall–Kier alpha value is -2.33. The van der Waals surface area contributed by atoms with E-state index in [4.69, 9.17) is 4.74 Å². The van der Waals surface area contributed by atoms with E-state index in [1.165, 1.54) is 16.0 Å². The number of hydrogen-bond donors (Lipinski definition) is 2. The van der Waals surface area contributed by atoms with Gasteiger partial charge in [-0.05, 0) is 30.2 Å². The zero-order valence-electron chi connectivity index (χ0n) is 14.1. The van der Waals surface area contributed by atoms with Gasteiger partial charge in [-0.15, -0.1) is 0 Å². The number of carbonyl (C=O) groups is 1. The molecule has 1 amide bonds. The highest BCUT2D eigenvalue weighted by atomic mass is 16.5. The van der Waals surface area contributed by atoms with Crippen molar-refractivity contribution in [1.82, 2.24) is 5.32 Å². The average Bonchev–Trinajstić information content (AvgIpc) is 2.55. The fraction of sp³-hybridized carbons (Fsp3) is 0.316. The predicted octanol–water partition coefficient (Wildman–Crippen LogP) is 1.33. The Balaban J connectivity index is 1.78. The van der Waals surface area contributed by atoms with Crippen molar-refractivity contribution in [2.45, 2.75) is 20.0 Å². The van der Waals surface area contributed by atoms with Crippen LogP contribution in [0.1, 0.15) is 16.7 Å². The Labute approximate surface area is 138 Å². The van der Waals surface area contributed by atoms with Crippen molar-refractivity contribution in [2.24, 2.45) is 0 Å². The molecule has 0 aromatic heterocycles. The van der Waals surface area contributed by atoms with E-state index in [1.54, 1.807) is 7.11 Å². The molecule has 4 heteroatoms. The van der Waals surface area contributed by atoms with Gasteiger partial charge >= 0.3 is 0 Å². The van der Waals surface area contributed by atoms with Gasteiger partial charge in [-0.1, -0.05) is 36.4 Å². The van der Waals surface area contributed by atoms with Gasteiger partial charge in [0.1, 0.15) is 12.3 Å². The molecule has 0 saturated carbocycles. The molecule has 0 aliphatic rings. The molecule has 0 aliphatic heterocycles. The van der Waals surface area contributed by atoms with E-state index < -0.39 is 0 Å². The van der Waals surface area contributed by atoms with Gasteiger partial charge in [0, 0.05) is 12.1 Å². The standard InChI is InChI=1S/C19H24N2O2/c1-15-6-4-5-7-17(15)13-21(2)14-19(22)20-12-16-8-10-18(23-3)11-9-16/h4-11H,12-14H2,1-3H3,(H,20,22)/p+1. The maximum Gasteiger partial charge on any atom is 0.275 e. The zero-order valence-corrected chi connectivity index (χ0v) is 14.1. The minimum Gasteiger partial charge on any atom is -0.497 e. The number of methoxy groups -OCH3 is 1. The predicted molar refractivity (Wildman–Crippen MR) is 91.5 cm³/mol. The average molecular weight is 313 g/mol. The van der Waals surface area contributed by atoms with E-state index in [9.17, 15) is 4.79 Å². The third-order valence-electron chi connectivity index (χ3n) is 3.86. The van der Waals surface area contributed by atoms with Gasteiger partial charge in [0.05, 0.1) is 14.2 Å². The first kappa shape index (κ1) is 17.0. The lowest BCUT2D eigenvalue weighted by molar-refractivity contribution is -0.885. The molecule has 0 aliphatic carbocycles. The summed E-state index contributed by atoms with van der Waals surface area (Å²) in [6, 6.07) is 16.0. The van der Waals surface area contributed by atoms with Crippen molar-refractivity contribution in [3.8, 4) is 5.75 Å². The summed E-state index contributed by atoms with van der Waals surface area (Å²) in [4.78, 5) is 13.2. The molecule has 2 rings (SSSR count). The number of benzene rings is 2. The smallest absolute Gasteiger partial charge is 0.275 e. The molecule has 0 bridgehead atoms. The van der Waals surface area contributed by atoms with E-state index in [1.807, 2.05) is 43.4 Å². The maximum atomic E-state index is 12.1. The Morgan fingerprint density at radius 1 is 1.13 bits per heavy atom. The number of rotatable bonds is 7. The fourth-order valence-corrected chi connectivity index (χ4v) is 2.48. The summed E-state index contributed by atoms with van der Waals surface area (Å²) in [7, 11) is 3.68. The summed E-state index contributed by atoms with van der Waals surface area (Å²) in [6.45, 7) is 3.96. The van der Waals surface area contributed by atoms with Gasteiger partial charge in [0.25, 0.3) is 5.91 Å². The van der Waals surface area contributed by atoms with Crippen LogP contribution in [0.2, 0.25) is 0 Å². The lowest BCUT2D eigenvalue weighted by Gasteiger charge is -2.15. The monoisotopic (exact) mass is 313 g/mol. The summed E-state index contributed by atoms with van der Waals surface area (Å²) >= 11 is 0. The number of likely N-dealkylation sites (N-methyl/N-ethyl adjacent to an activating group) is 1. The van der Waals surface area contributed by atoms with Crippen LogP contribution in [0.5, 0.6) is 5.75 Å². The number of quaternary nitrogens is 1. The van der Waals surface area contributed by atoms with Gasteiger partial charge in [-0.3, -0.25) is 4.79 Å². The Bertz CT molecular complexity index is 638.